The lowest BCUT2D eigenvalue weighted by Crippen LogP contribution is -2.47. The Labute approximate surface area is 101 Å². The molecule has 2 fully saturated rings. The van der Waals surface area contributed by atoms with Crippen molar-refractivity contribution in [1.29, 1.82) is 0 Å². The molecule has 0 aromatic heterocycles. The highest BCUT2D eigenvalue weighted by molar-refractivity contribution is 4.87. The maximum atomic E-state index is 3.60. The van der Waals surface area contributed by atoms with Gasteiger partial charge in [-0.1, -0.05) is 26.7 Å². The summed E-state index contributed by atoms with van der Waals surface area (Å²) < 4.78 is 0. The minimum Gasteiger partial charge on any atom is -0.313 e. The Kier molecular flexibility index (Phi) is 4.26. The van der Waals surface area contributed by atoms with E-state index in [0.717, 1.165) is 17.9 Å². The Morgan fingerprint density at radius 3 is 2.69 bits per heavy atom. The molecule has 0 aromatic carbocycles. The summed E-state index contributed by atoms with van der Waals surface area (Å²) in [6.45, 7) is 11.0. The van der Waals surface area contributed by atoms with Crippen molar-refractivity contribution in [2.45, 2.75) is 58.5 Å². The number of rotatable bonds is 1. The van der Waals surface area contributed by atoms with Gasteiger partial charge in [-0.3, -0.25) is 4.90 Å². The molecule has 0 bridgehead atoms. The van der Waals surface area contributed by atoms with E-state index in [1.165, 1.54) is 45.3 Å². The van der Waals surface area contributed by atoms with Gasteiger partial charge in [-0.05, 0) is 44.7 Å². The van der Waals surface area contributed by atoms with Gasteiger partial charge in [-0.25, -0.2) is 0 Å². The van der Waals surface area contributed by atoms with E-state index in [1.54, 1.807) is 0 Å². The second kappa shape index (κ2) is 5.50. The highest BCUT2D eigenvalue weighted by atomic mass is 15.2. The summed E-state index contributed by atoms with van der Waals surface area (Å²) in [7, 11) is 0. The molecule has 94 valence electrons. The van der Waals surface area contributed by atoms with Crippen LogP contribution in [0.25, 0.3) is 0 Å². The van der Waals surface area contributed by atoms with E-state index in [-0.39, 0.29) is 0 Å². The van der Waals surface area contributed by atoms with Crippen LogP contribution in [0.2, 0.25) is 0 Å². The lowest BCUT2D eigenvalue weighted by molar-refractivity contribution is 0.0809. The van der Waals surface area contributed by atoms with Crippen LogP contribution in [0, 0.1) is 11.8 Å². The topological polar surface area (TPSA) is 15.3 Å². The highest BCUT2D eigenvalue weighted by Gasteiger charge is 2.32. The van der Waals surface area contributed by atoms with Gasteiger partial charge >= 0.3 is 0 Å². The molecule has 0 amide bonds. The first-order valence-electron chi connectivity index (χ1n) is 7.16. The van der Waals surface area contributed by atoms with Crippen LogP contribution in [0.4, 0.5) is 0 Å². The van der Waals surface area contributed by atoms with Gasteiger partial charge in [0.1, 0.15) is 0 Å². The SMILES string of the molecule is CC1CN(C2CCCC(C)C2C)CCCN1. The van der Waals surface area contributed by atoms with Crippen LogP contribution < -0.4 is 5.32 Å². The number of hydrogen-bond acceptors (Lipinski definition) is 2. The largest absolute Gasteiger partial charge is 0.313 e. The van der Waals surface area contributed by atoms with Gasteiger partial charge in [0.15, 0.2) is 0 Å². The van der Waals surface area contributed by atoms with Crippen LogP contribution >= 0.6 is 0 Å². The van der Waals surface area contributed by atoms with Crippen LogP contribution in [-0.4, -0.2) is 36.6 Å². The van der Waals surface area contributed by atoms with Gasteiger partial charge in [-0.15, -0.1) is 0 Å². The molecule has 2 rings (SSSR count). The number of nitrogens with one attached hydrogen (secondary N) is 1. The van der Waals surface area contributed by atoms with Gasteiger partial charge in [0.2, 0.25) is 0 Å². The first kappa shape index (κ1) is 12.4. The third-order valence-corrected chi connectivity index (χ3v) is 4.76. The molecule has 0 spiro atoms. The molecule has 1 saturated carbocycles. The smallest absolute Gasteiger partial charge is 0.0166 e. The Morgan fingerprint density at radius 1 is 1.06 bits per heavy atom. The zero-order valence-corrected chi connectivity index (χ0v) is 11.2. The zero-order chi connectivity index (χ0) is 11.5. The molecule has 1 heterocycles. The second-order valence-corrected chi connectivity index (χ2v) is 6.04. The van der Waals surface area contributed by atoms with Crippen molar-refractivity contribution in [2.75, 3.05) is 19.6 Å². The Bertz CT molecular complexity index is 217. The monoisotopic (exact) mass is 224 g/mol. The molecule has 1 aliphatic heterocycles. The van der Waals surface area contributed by atoms with Gasteiger partial charge in [-0.2, -0.15) is 0 Å². The number of nitrogens with zero attached hydrogens (tertiary/aromatic N) is 1. The molecule has 4 atom stereocenters. The average molecular weight is 224 g/mol. The van der Waals surface area contributed by atoms with E-state index in [0.29, 0.717) is 6.04 Å². The third kappa shape index (κ3) is 2.78. The van der Waals surface area contributed by atoms with Gasteiger partial charge < -0.3 is 5.32 Å². The second-order valence-electron chi connectivity index (χ2n) is 6.04. The maximum Gasteiger partial charge on any atom is 0.0166 e. The molecule has 1 saturated heterocycles. The first-order chi connectivity index (χ1) is 7.68. The van der Waals surface area contributed by atoms with Crippen molar-refractivity contribution in [3.63, 3.8) is 0 Å². The highest BCUT2D eigenvalue weighted by Crippen LogP contribution is 2.33. The van der Waals surface area contributed by atoms with E-state index in [2.05, 4.69) is 31.0 Å². The lowest BCUT2D eigenvalue weighted by atomic mass is 9.77. The predicted octanol–water partition coefficient (Wildman–Crippen LogP) is 2.49. The van der Waals surface area contributed by atoms with Crippen molar-refractivity contribution in [2.24, 2.45) is 11.8 Å². The fourth-order valence-electron chi connectivity index (χ4n) is 3.51. The molecule has 2 aliphatic rings. The summed E-state index contributed by atoms with van der Waals surface area (Å²) in [4.78, 5) is 2.77. The number of hydrogen-bond donors (Lipinski definition) is 1. The van der Waals surface area contributed by atoms with Crippen LogP contribution in [0.15, 0.2) is 0 Å². The van der Waals surface area contributed by atoms with E-state index in [4.69, 9.17) is 0 Å². The van der Waals surface area contributed by atoms with Crippen LogP contribution in [0.5, 0.6) is 0 Å². The molecule has 0 aromatic rings. The van der Waals surface area contributed by atoms with E-state index < -0.39 is 0 Å². The molecule has 4 unspecified atom stereocenters. The van der Waals surface area contributed by atoms with E-state index >= 15 is 0 Å². The predicted molar refractivity (Wildman–Crippen MR) is 69.6 cm³/mol. The first-order valence-corrected chi connectivity index (χ1v) is 7.16. The molecule has 0 radical (unpaired) electrons. The Hall–Kier alpha value is -0.0800. The lowest BCUT2D eigenvalue weighted by Gasteiger charge is -2.41. The maximum absolute atomic E-state index is 3.60. The van der Waals surface area contributed by atoms with Crippen molar-refractivity contribution in [1.82, 2.24) is 10.2 Å². The van der Waals surface area contributed by atoms with E-state index in [9.17, 15) is 0 Å². The van der Waals surface area contributed by atoms with E-state index in [1.807, 2.05) is 0 Å². The summed E-state index contributed by atoms with van der Waals surface area (Å²) in [5, 5.41) is 3.60. The molecular formula is C14H28N2. The normalized spacial score (nSPS) is 42.9. The van der Waals surface area contributed by atoms with Gasteiger partial charge in [0.05, 0.1) is 0 Å². The molecule has 1 N–H and O–H groups in total. The standard InChI is InChI=1S/C14H28N2/c1-11-6-4-7-14(13(11)3)16-9-5-8-15-12(2)10-16/h11-15H,4-10H2,1-3H3. The zero-order valence-electron chi connectivity index (χ0n) is 11.2. The van der Waals surface area contributed by atoms with Crippen molar-refractivity contribution in [3.05, 3.63) is 0 Å². The minimum atomic E-state index is 0.673. The summed E-state index contributed by atoms with van der Waals surface area (Å²) >= 11 is 0. The molecule has 2 heteroatoms. The van der Waals surface area contributed by atoms with Crippen LogP contribution in [0.3, 0.4) is 0 Å². The van der Waals surface area contributed by atoms with Crippen LogP contribution in [0.1, 0.15) is 46.5 Å². The Balaban J connectivity index is 1.98. The molecular weight excluding hydrogens is 196 g/mol. The molecule has 2 nitrogen and oxygen atoms in total. The van der Waals surface area contributed by atoms with Gasteiger partial charge in [0, 0.05) is 18.6 Å². The van der Waals surface area contributed by atoms with Crippen molar-refractivity contribution < 1.29 is 0 Å². The summed E-state index contributed by atoms with van der Waals surface area (Å²) in [6, 6.07) is 1.53. The summed E-state index contributed by atoms with van der Waals surface area (Å²) in [6.07, 6.45) is 5.63. The quantitative estimate of drug-likeness (QED) is 0.736. The fraction of sp³-hybridized carbons (Fsp3) is 1.00. The van der Waals surface area contributed by atoms with Crippen molar-refractivity contribution >= 4 is 0 Å². The third-order valence-electron chi connectivity index (χ3n) is 4.76. The van der Waals surface area contributed by atoms with Crippen LogP contribution in [-0.2, 0) is 0 Å². The summed E-state index contributed by atoms with van der Waals surface area (Å²) in [5.41, 5.74) is 0. The van der Waals surface area contributed by atoms with Gasteiger partial charge in [0.25, 0.3) is 0 Å². The molecule has 16 heavy (non-hydrogen) atoms. The molecule has 1 aliphatic carbocycles. The van der Waals surface area contributed by atoms with Crippen molar-refractivity contribution in [3.8, 4) is 0 Å². The average Bonchev–Trinajstić information content (AvgIpc) is 2.47. The summed E-state index contributed by atoms with van der Waals surface area (Å²) in [5.74, 6) is 1.81. The Morgan fingerprint density at radius 2 is 1.88 bits per heavy atom. The fourth-order valence-corrected chi connectivity index (χ4v) is 3.51. The minimum absolute atomic E-state index is 0.673.